The van der Waals surface area contributed by atoms with E-state index in [4.69, 9.17) is 5.73 Å². The lowest BCUT2D eigenvalue weighted by atomic mass is 9.95. The molecule has 0 aliphatic heterocycles. The first kappa shape index (κ1) is 10.0. The average molecular weight is 175 g/mol. The second kappa shape index (κ2) is 4.24. The third-order valence-corrected chi connectivity index (χ3v) is 2.26. The second-order valence-electron chi connectivity index (χ2n) is 3.70. The first-order chi connectivity index (χ1) is 6.14. The molecule has 1 atom stereocenters. The third kappa shape index (κ3) is 3.43. The lowest BCUT2D eigenvalue weighted by Gasteiger charge is -2.19. The van der Waals surface area contributed by atoms with Gasteiger partial charge in [0, 0.05) is 5.54 Å². The van der Waals surface area contributed by atoms with Gasteiger partial charge in [0.2, 0.25) is 0 Å². The summed E-state index contributed by atoms with van der Waals surface area (Å²) in [4.78, 5) is 0. The van der Waals surface area contributed by atoms with E-state index in [0.717, 1.165) is 12.8 Å². The van der Waals surface area contributed by atoms with Gasteiger partial charge in [-0.2, -0.15) is 0 Å². The Morgan fingerprint density at radius 1 is 1.38 bits per heavy atom. The van der Waals surface area contributed by atoms with Crippen molar-refractivity contribution in [2.24, 2.45) is 5.73 Å². The molecule has 0 unspecified atom stereocenters. The molecule has 1 aromatic carbocycles. The van der Waals surface area contributed by atoms with E-state index in [-0.39, 0.29) is 5.54 Å². The van der Waals surface area contributed by atoms with E-state index in [1.165, 1.54) is 5.56 Å². The molecule has 13 heavy (non-hydrogen) atoms. The molecule has 70 valence electrons. The molecule has 1 rings (SSSR count). The van der Waals surface area contributed by atoms with Gasteiger partial charge in [-0.1, -0.05) is 36.4 Å². The van der Waals surface area contributed by atoms with Crippen molar-refractivity contribution >= 4 is 0 Å². The van der Waals surface area contributed by atoms with Crippen LogP contribution in [0, 0.1) is 0 Å². The van der Waals surface area contributed by atoms with E-state index in [2.05, 4.69) is 30.8 Å². The Morgan fingerprint density at radius 3 is 2.54 bits per heavy atom. The summed E-state index contributed by atoms with van der Waals surface area (Å²) in [6, 6.07) is 10.4. The minimum absolute atomic E-state index is 0.240. The van der Waals surface area contributed by atoms with Crippen LogP contribution in [0.3, 0.4) is 0 Å². The zero-order chi connectivity index (χ0) is 9.73. The largest absolute Gasteiger partial charge is 0.322 e. The van der Waals surface area contributed by atoms with Crippen LogP contribution in [-0.4, -0.2) is 5.54 Å². The summed E-state index contributed by atoms with van der Waals surface area (Å²) in [5, 5.41) is 0. The molecule has 0 spiro atoms. The van der Waals surface area contributed by atoms with Crippen LogP contribution in [0.25, 0.3) is 0 Å². The van der Waals surface area contributed by atoms with Gasteiger partial charge < -0.3 is 5.73 Å². The highest BCUT2D eigenvalue weighted by Crippen LogP contribution is 2.11. The molecule has 0 saturated heterocycles. The highest BCUT2D eigenvalue weighted by Gasteiger charge is 2.12. The highest BCUT2D eigenvalue weighted by atomic mass is 14.7. The summed E-state index contributed by atoms with van der Waals surface area (Å²) < 4.78 is 0. The Hall–Kier alpha value is -1.08. The van der Waals surface area contributed by atoms with E-state index < -0.39 is 0 Å². The van der Waals surface area contributed by atoms with Crippen molar-refractivity contribution in [3.05, 3.63) is 48.6 Å². The fourth-order valence-corrected chi connectivity index (χ4v) is 1.16. The SMILES string of the molecule is C=C[C@](C)(N)CCc1ccccc1. The number of benzene rings is 1. The maximum atomic E-state index is 5.95. The van der Waals surface area contributed by atoms with E-state index in [1.54, 1.807) is 0 Å². The van der Waals surface area contributed by atoms with Crippen molar-refractivity contribution in [1.82, 2.24) is 0 Å². The van der Waals surface area contributed by atoms with Crippen LogP contribution >= 0.6 is 0 Å². The van der Waals surface area contributed by atoms with Crippen LogP contribution in [-0.2, 0) is 6.42 Å². The molecule has 0 fully saturated rings. The molecule has 0 saturated carbocycles. The van der Waals surface area contributed by atoms with Crippen LogP contribution in [0.5, 0.6) is 0 Å². The molecule has 0 radical (unpaired) electrons. The highest BCUT2D eigenvalue weighted by molar-refractivity contribution is 5.15. The maximum absolute atomic E-state index is 5.95. The van der Waals surface area contributed by atoms with Gasteiger partial charge in [0.15, 0.2) is 0 Å². The molecule has 0 heterocycles. The first-order valence-corrected chi connectivity index (χ1v) is 4.60. The van der Waals surface area contributed by atoms with Crippen LogP contribution in [0.1, 0.15) is 18.9 Å². The second-order valence-corrected chi connectivity index (χ2v) is 3.70. The smallest absolute Gasteiger partial charge is 0.0310 e. The quantitative estimate of drug-likeness (QED) is 0.699. The van der Waals surface area contributed by atoms with Crippen LogP contribution in [0.2, 0.25) is 0 Å². The van der Waals surface area contributed by atoms with Gasteiger partial charge >= 0.3 is 0 Å². The molecule has 0 aromatic heterocycles. The standard InChI is InChI=1S/C12H17N/c1-3-12(2,13)10-9-11-7-5-4-6-8-11/h3-8H,1,9-10,13H2,2H3/t12-/m0/s1. The lowest BCUT2D eigenvalue weighted by Crippen LogP contribution is -2.33. The molecule has 0 aliphatic carbocycles. The normalized spacial score (nSPS) is 14.9. The summed E-state index contributed by atoms with van der Waals surface area (Å²) in [6.07, 6.45) is 3.77. The Kier molecular flexibility index (Phi) is 3.26. The van der Waals surface area contributed by atoms with Crippen molar-refractivity contribution in [2.75, 3.05) is 0 Å². The van der Waals surface area contributed by atoms with Gasteiger partial charge in [-0.15, -0.1) is 6.58 Å². The van der Waals surface area contributed by atoms with Gasteiger partial charge in [-0.3, -0.25) is 0 Å². The minimum Gasteiger partial charge on any atom is -0.322 e. The molecular formula is C12H17N. The van der Waals surface area contributed by atoms with E-state index in [9.17, 15) is 0 Å². The molecule has 0 aliphatic rings. The van der Waals surface area contributed by atoms with Crippen LogP contribution in [0.4, 0.5) is 0 Å². The summed E-state index contributed by atoms with van der Waals surface area (Å²) >= 11 is 0. The third-order valence-electron chi connectivity index (χ3n) is 2.26. The Balaban J connectivity index is 2.48. The molecule has 0 bridgehead atoms. The summed E-state index contributed by atoms with van der Waals surface area (Å²) in [6.45, 7) is 5.72. The van der Waals surface area contributed by atoms with E-state index in [0.29, 0.717) is 0 Å². The number of aryl methyl sites for hydroxylation is 1. The predicted octanol–water partition coefficient (Wildman–Crippen LogP) is 2.52. The van der Waals surface area contributed by atoms with Crippen LogP contribution < -0.4 is 5.73 Å². The van der Waals surface area contributed by atoms with Crippen molar-refractivity contribution in [3.8, 4) is 0 Å². The molecule has 1 aromatic rings. The topological polar surface area (TPSA) is 26.0 Å². The van der Waals surface area contributed by atoms with Crippen molar-refractivity contribution < 1.29 is 0 Å². The van der Waals surface area contributed by atoms with Crippen molar-refractivity contribution in [2.45, 2.75) is 25.3 Å². The van der Waals surface area contributed by atoms with Crippen molar-refractivity contribution in [1.29, 1.82) is 0 Å². The van der Waals surface area contributed by atoms with Gasteiger partial charge in [-0.25, -0.2) is 0 Å². The van der Waals surface area contributed by atoms with Gasteiger partial charge in [-0.05, 0) is 25.3 Å². The van der Waals surface area contributed by atoms with Crippen LogP contribution in [0.15, 0.2) is 43.0 Å². The molecule has 1 heteroatoms. The average Bonchev–Trinajstić information content (AvgIpc) is 2.17. The van der Waals surface area contributed by atoms with Gasteiger partial charge in [0.25, 0.3) is 0 Å². The van der Waals surface area contributed by atoms with Gasteiger partial charge in [0.1, 0.15) is 0 Å². The summed E-state index contributed by atoms with van der Waals surface area (Å²) in [7, 11) is 0. The first-order valence-electron chi connectivity index (χ1n) is 4.60. The monoisotopic (exact) mass is 175 g/mol. The summed E-state index contributed by atoms with van der Waals surface area (Å²) in [5.41, 5.74) is 7.04. The number of nitrogens with two attached hydrogens (primary N) is 1. The van der Waals surface area contributed by atoms with Crippen molar-refractivity contribution in [3.63, 3.8) is 0 Å². The van der Waals surface area contributed by atoms with E-state index in [1.807, 2.05) is 19.1 Å². The molecule has 2 N–H and O–H groups in total. The Bertz CT molecular complexity index is 262. The zero-order valence-electron chi connectivity index (χ0n) is 8.16. The number of hydrogen-bond donors (Lipinski definition) is 1. The van der Waals surface area contributed by atoms with E-state index >= 15 is 0 Å². The fourth-order valence-electron chi connectivity index (χ4n) is 1.16. The molecule has 0 amide bonds. The Morgan fingerprint density at radius 2 is 2.00 bits per heavy atom. The summed E-state index contributed by atoms with van der Waals surface area (Å²) in [5.74, 6) is 0. The minimum atomic E-state index is -0.240. The maximum Gasteiger partial charge on any atom is 0.0310 e. The Labute approximate surface area is 80.3 Å². The zero-order valence-corrected chi connectivity index (χ0v) is 8.16. The lowest BCUT2D eigenvalue weighted by molar-refractivity contribution is 0.535. The predicted molar refractivity (Wildman–Crippen MR) is 57.6 cm³/mol. The molecule has 1 nitrogen and oxygen atoms in total. The number of hydrogen-bond acceptors (Lipinski definition) is 1. The van der Waals surface area contributed by atoms with Gasteiger partial charge in [0.05, 0.1) is 0 Å². The number of rotatable bonds is 4. The fraction of sp³-hybridized carbons (Fsp3) is 0.333. The molecular weight excluding hydrogens is 158 g/mol.